The Morgan fingerprint density at radius 1 is 1.31 bits per heavy atom. The molecule has 0 amide bonds. The van der Waals surface area contributed by atoms with Crippen molar-refractivity contribution in [2.45, 2.75) is 0 Å². The number of hydrogen-bond acceptors (Lipinski definition) is 3. The maximum Gasteiger partial charge on any atom is 0.169 e. The zero-order chi connectivity index (χ0) is 9.10. The SMILES string of the molecule is O=Cc1ccc2c(c1)OC=CCO2. The molecule has 0 saturated carbocycles. The zero-order valence-electron chi connectivity index (χ0n) is 6.90. The van der Waals surface area contributed by atoms with Crippen LogP contribution in [0.1, 0.15) is 10.4 Å². The Balaban J connectivity index is 2.42. The molecule has 66 valence electrons. The van der Waals surface area contributed by atoms with E-state index in [1.54, 1.807) is 30.5 Å². The third kappa shape index (κ3) is 1.54. The van der Waals surface area contributed by atoms with Crippen LogP contribution < -0.4 is 9.47 Å². The Labute approximate surface area is 75.6 Å². The van der Waals surface area contributed by atoms with Gasteiger partial charge in [0.25, 0.3) is 0 Å². The van der Waals surface area contributed by atoms with E-state index in [0.29, 0.717) is 23.7 Å². The van der Waals surface area contributed by atoms with Crippen molar-refractivity contribution in [2.24, 2.45) is 0 Å². The van der Waals surface area contributed by atoms with Gasteiger partial charge in [-0.1, -0.05) is 0 Å². The number of benzene rings is 1. The van der Waals surface area contributed by atoms with Crippen LogP contribution >= 0.6 is 0 Å². The topological polar surface area (TPSA) is 35.5 Å². The Bertz CT molecular complexity index is 355. The molecule has 0 bridgehead atoms. The molecular formula is C10H8O3. The second kappa shape index (κ2) is 3.31. The van der Waals surface area contributed by atoms with Gasteiger partial charge in [0.05, 0.1) is 6.26 Å². The lowest BCUT2D eigenvalue weighted by atomic mass is 10.2. The number of hydrogen-bond donors (Lipinski definition) is 0. The number of aldehydes is 1. The van der Waals surface area contributed by atoms with Gasteiger partial charge < -0.3 is 9.47 Å². The van der Waals surface area contributed by atoms with E-state index < -0.39 is 0 Å². The van der Waals surface area contributed by atoms with Crippen LogP contribution in [0.25, 0.3) is 0 Å². The van der Waals surface area contributed by atoms with E-state index in [1.165, 1.54) is 0 Å². The molecule has 1 aliphatic heterocycles. The molecule has 0 radical (unpaired) electrons. The van der Waals surface area contributed by atoms with E-state index in [2.05, 4.69) is 0 Å². The van der Waals surface area contributed by atoms with Crippen LogP contribution in [0.15, 0.2) is 30.5 Å². The van der Waals surface area contributed by atoms with Gasteiger partial charge in [-0.25, -0.2) is 0 Å². The molecule has 1 aromatic carbocycles. The first-order valence-electron chi connectivity index (χ1n) is 3.94. The molecule has 3 heteroatoms. The van der Waals surface area contributed by atoms with Gasteiger partial charge in [-0.3, -0.25) is 4.79 Å². The predicted octanol–water partition coefficient (Wildman–Crippen LogP) is 1.78. The number of ether oxygens (including phenoxy) is 2. The number of carbonyl (C=O) groups excluding carboxylic acids is 1. The standard InChI is InChI=1S/C10H8O3/c11-7-8-2-3-9-10(6-8)13-5-1-4-12-9/h1-3,5-7H,4H2. The lowest BCUT2D eigenvalue weighted by Crippen LogP contribution is -1.92. The van der Waals surface area contributed by atoms with Crippen molar-refractivity contribution < 1.29 is 14.3 Å². The van der Waals surface area contributed by atoms with Crippen LogP contribution in [-0.4, -0.2) is 12.9 Å². The van der Waals surface area contributed by atoms with Crippen molar-refractivity contribution in [3.05, 3.63) is 36.1 Å². The Kier molecular flexibility index (Phi) is 2.00. The van der Waals surface area contributed by atoms with Crippen molar-refractivity contribution in [1.82, 2.24) is 0 Å². The van der Waals surface area contributed by atoms with Crippen molar-refractivity contribution in [3.8, 4) is 11.5 Å². The summed E-state index contributed by atoms with van der Waals surface area (Å²) in [6, 6.07) is 5.07. The van der Waals surface area contributed by atoms with Crippen molar-refractivity contribution in [1.29, 1.82) is 0 Å². The summed E-state index contributed by atoms with van der Waals surface area (Å²) in [5, 5.41) is 0. The highest BCUT2D eigenvalue weighted by Gasteiger charge is 2.07. The van der Waals surface area contributed by atoms with Gasteiger partial charge in [0.1, 0.15) is 12.9 Å². The summed E-state index contributed by atoms with van der Waals surface area (Å²) in [5.41, 5.74) is 0.581. The van der Waals surface area contributed by atoms with Crippen LogP contribution in [-0.2, 0) is 0 Å². The summed E-state index contributed by atoms with van der Waals surface area (Å²) >= 11 is 0. The van der Waals surface area contributed by atoms with Gasteiger partial charge in [-0.15, -0.1) is 0 Å². The fourth-order valence-corrected chi connectivity index (χ4v) is 1.11. The molecule has 1 aliphatic rings. The molecule has 0 saturated heterocycles. The van der Waals surface area contributed by atoms with Crippen LogP contribution in [0.5, 0.6) is 11.5 Å². The van der Waals surface area contributed by atoms with E-state index in [-0.39, 0.29) is 0 Å². The van der Waals surface area contributed by atoms with Gasteiger partial charge in [0, 0.05) is 5.56 Å². The molecule has 3 nitrogen and oxygen atoms in total. The Morgan fingerprint density at radius 3 is 3.08 bits per heavy atom. The van der Waals surface area contributed by atoms with Gasteiger partial charge in [0.2, 0.25) is 0 Å². The lowest BCUT2D eigenvalue weighted by molar-refractivity contribution is 0.112. The molecule has 13 heavy (non-hydrogen) atoms. The Hall–Kier alpha value is -1.77. The van der Waals surface area contributed by atoms with Gasteiger partial charge in [-0.05, 0) is 24.3 Å². The zero-order valence-corrected chi connectivity index (χ0v) is 6.90. The van der Waals surface area contributed by atoms with Crippen LogP contribution in [0.4, 0.5) is 0 Å². The summed E-state index contributed by atoms with van der Waals surface area (Å²) in [6.45, 7) is 0.493. The summed E-state index contributed by atoms with van der Waals surface area (Å²) in [7, 11) is 0. The summed E-state index contributed by atoms with van der Waals surface area (Å²) in [4.78, 5) is 10.5. The van der Waals surface area contributed by atoms with E-state index in [9.17, 15) is 4.79 Å². The second-order valence-electron chi connectivity index (χ2n) is 2.62. The van der Waals surface area contributed by atoms with E-state index in [4.69, 9.17) is 9.47 Å². The minimum atomic E-state index is 0.493. The summed E-state index contributed by atoms with van der Waals surface area (Å²) in [6.07, 6.45) is 4.10. The van der Waals surface area contributed by atoms with E-state index >= 15 is 0 Å². The molecule has 1 heterocycles. The third-order valence-corrected chi connectivity index (χ3v) is 1.73. The first kappa shape index (κ1) is 7.86. The number of rotatable bonds is 1. The largest absolute Gasteiger partial charge is 0.485 e. The number of fused-ring (bicyclic) bond motifs is 1. The second-order valence-corrected chi connectivity index (χ2v) is 2.62. The highest BCUT2D eigenvalue weighted by Crippen LogP contribution is 2.29. The van der Waals surface area contributed by atoms with Crippen molar-refractivity contribution in [2.75, 3.05) is 6.61 Å². The monoisotopic (exact) mass is 176 g/mol. The molecule has 0 N–H and O–H groups in total. The minimum absolute atomic E-state index is 0.493. The average Bonchev–Trinajstić information content (AvgIpc) is 2.41. The Morgan fingerprint density at radius 2 is 2.23 bits per heavy atom. The number of carbonyl (C=O) groups is 1. The molecule has 0 unspecified atom stereocenters. The van der Waals surface area contributed by atoms with Crippen LogP contribution in [0, 0.1) is 0 Å². The van der Waals surface area contributed by atoms with Gasteiger partial charge >= 0.3 is 0 Å². The maximum absolute atomic E-state index is 10.5. The fourth-order valence-electron chi connectivity index (χ4n) is 1.11. The fraction of sp³-hybridized carbons (Fsp3) is 0.100. The molecule has 0 fully saturated rings. The maximum atomic E-state index is 10.5. The first-order chi connectivity index (χ1) is 6.40. The molecule has 1 aromatic rings. The molecule has 0 aliphatic carbocycles. The molecule has 0 aromatic heterocycles. The van der Waals surface area contributed by atoms with E-state index in [0.717, 1.165) is 6.29 Å². The van der Waals surface area contributed by atoms with E-state index in [1.807, 2.05) is 0 Å². The molecule has 2 rings (SSSR count). The molecular weight excluding hydrogens is 168 g/mol. The molecule has 0 spiro atoms. The highest BCUT2D eigenvalue weighted by molar-refractivity contribution is 5.76. The predicted molar refractivity (Wildman–Crippen MR) is 47.1 cm³/mol. The highest BCUT2D eigenvalue weighted by atomic mass is 16.5. The summed E-state index contributed by atoms with van der Waals surface area (Å²) < 4.78 is 10.5. The minimum Gasteiger partial charge on any atom is -0.485 e. The average molecular weight is 176 g/mol. The van der Waals surface area contributed by atoms with Crippen molar-refractivity contribution >= 4 is 6.29 Å². The van der Waals surface area contributed by atoms with Crippen LogP contribution in [0.2, 0.25) is 0 Å². The van der Waals surface area contributed by atoms with Crippen molar-refractivity contribution in [3.63, 3.8) is 0 Å². The molecule has 0 atom stereocenters. The van der Waals surface area contributed by atoms with Gasteiger partial charge in [0.15, 0.2) is 11.5 Å². The first-order valence-corrected chi connectivity index (χ1v) is 3.94. The normalized spacial score (nSPS) is 13.5. The van der Waals surface area contributed by atoms with Gasteiger partial charge in [-0.2, -0.15) is 0 Å². The van der Waals surface area contributed by atoms with Crippen LogP contribution in [0.3, 0.4) is 0 Å². The summed E-state index contributed by atoms with van der Waals surface area (Å²) in [5.74, 6) is 1.24. The quantitative estimate of drug-likeness (QED) is 0.612. The smallest absolute Gasteiger partial charge is 0.169 e. The third-order valence-electron chi connectivity index (χ3n) is 1.73. The lowest BCUT2D eigenvalue weighted by Gasteiger charge is -2.05.